The average molecular weight is 257 g/mol. The van der Waals surface area contributed by atoms with E-state index in [1.165, 1.54) is 10.7 Å². The molecule has 0 aromatic carbocycles. The molecule has 0 aliphatic rings. The average Bonchev–Trinajstić information content (AvgIpc) is 2.71. The zero-order chi connectivity index (χ0) is 12.4. The number of halogens is 1. The van der Waals surface area contributed by atoms with E-state index in [1.54, 1.807) is 12.3 Å². The van der Waals surface area contributed by atoms with Crippen LogP contribution in [0.25, 0.3) is 5.65 Å². The number of hydrogen-bond acceptors (Lipinski definition) is 5. The standard InChI is InChI=1S/C10H13ClN4O2/c11-8-2-4-15-10(14-8)6(5-13-15)9(17)7(16)1-3-12/h2,4-5,7,9,16-17H,1,3,12H2. The van der Waals surface area contributed by atoms with Gasteiger partial charge in [-0.2, -0.15) is 5.10 Å². The third-order valence-electron chi connectivity index (χ3n) is 2.51. The van der Waals surface area contributed by atoms with Gasteiger partial charge in [0.05, 0.1) is 12.3 Å². The molecular weight excluding hydrogens is 244 g/mol. The monoisotopic (exact) mass is 256 g/mol. The number of aliphatic hydroxyl groups is 2. The maximum atomic E-state index is 9.96. The minimum Gasteiger partial charge on any atom is -0.390 e. The summed E-state index contributed by atoms with van der Waals surface area (Å²) in [5, 5.41) is 24.0. The highest BCUT2D eigenvalue weighted by Gasteiger charge is 2.22. The SMILES string of the molecule is NCCC(O)C(O)c1cnn2ccc(Cl)nc12. The molecule has 4 N–H and O–H groups in total. The Kier molecular flexibility index (Phi) is 3.58. The second-order valence-electron chi connectivity index (χ2n) is 3.71. The lowest BCUT2D eigenvalue weighted by atomic mass is 10.1. The molecular formula is C10H13ClN4O2. The topological polar surface area (TPSA) is 96.7 Å². The number of aromatic nitrogens is 3. The largest absolute Gasteiger partial charge is 0.390 e. The summed E-state index contributed by atoms with van der Waals surface area (Å²) >= 11 is 5.78. The summed E-state index contributed by atoms with van der Waals surface area (Å²) in [6, 6.07) is 1.59. The van der Waals surface area contributed by atoms with Crippen molar-refractivity contribution in [3.63, 3.8) is 0 Å². The van der Waals surface area contributed by atoms with Gasteiger partial charge >= 0.3 is 0 Å². The summed E-state index contributed by atoms with van der Waals surface area (Å²) < 4.78 is 1.49. The summed E-state index contributed by atoms with van der Waals surface area (Å²) in [6.07, 6.45) is 1.40. The summed E-state index contributed by atoms with van der Waals surface area (Å²) in [7, 11) is 0. The van der Waals surface area contributed by atoms with Crippen molar-refractivity contribution in [3.8, 4) is 0 Å². The maximum absolute atomic E-state index is 9.96. The molecule has 0 spiro atoms. The van der Waals surface area contributed by atoms with Gasteiger partial charge in [-0.15, -0.1) is 0 Å². The first-order valence-electron chi connectivity index (χ1n) is 5.19. The fourth-order valence-corrected chi connectivity index (χ4v) is 1.75. The molecule has 0 saturated heterocycles. The Morgan fingerprint density at radius 1 is 1.47 bits per heavy atom. The van der Waals surface area contributed by atoms with Gasteiger partial charge in [0.15, 0.2) is 5.65 Å². The lowest BCUT2D eigenvalue weighted by Crippen LogP contribution is -2.21. The first kappa shape index (κ1) is 12.3. The van der Waals surface area contributed by atoms with E-state index in [9.17, 15) is 10.2 Å². The molecule has 92 valence electrons. The van der Waals surface area contributed by atoms with Crippen LogP contribution in [-0.2, 0) is 0 Å². The van der Waals surface area contributed by atoms with Crippen molar-refractivity contribution in [2.24, 2.45) is 5.73 Å². The fraction of sp³-hybridized carbons (Fsp3) is 0.400. The molecule has 0 aliphatic heterocycles. The first-order chi connectivity index (χ1) is 8.13. The molecule has 2 aromatic heterocycles. The van der Waals surface area contributed by atoms with E-state index in [1.807, 2.05) is 0 Å². The van der Waals surface area contributed by atoms with Crippen molar-refractivity contribution in [1.29, 1.82) is 0 Å². The maximum Gasteiger partial charge on any atom is 0.162 e. The second kappa shape index (κ2) is 4.97. The second-order valence-corrected chi connectivity index (χ2v) is 4.10. The summed E-state index contributed by atoms with van der Waals surface area (Å²) in [4.78, 5) is 4.06. The Bertz CT molecular complexity index is 516. The van der Waals surface area contributed by atoms with E-state index in [4.69, 9.17) is 17.3 Å². The van der Waals surface area contributed by atoms with E-state index in [-0.39, 0.29) is 0 Å². The molecule has 17 heavy (non-hydrogen) atoms. The lowest BCUT2D eigenvalue weighted by molar-refractivity contribution is 0.0157. The molecule has 2 atom stereocenters. The predicted octanol–water partition coefficient (Wildman–Crippen LogP) is 0.126. The van der Waals surface area contributed by atoms with Crippen molar-refractivity contribution in [1.82, 2.24) is 14.6 Å². The zero-order valence-corrected chi connectivity index (χ0v) is 9.75. The highest BCUT2D eigenvalue weighted by Crippen LogP contribution is 2.22. The molecule has 0 fully saturated rings. The van der Waals surface area contributed by atoms with Crippen LogP contribution >= 0.6 is 11.6 Å². The summed E-state index contributed by atoms with van der Waals surface area (Å²) in [6.45, 7) is 0.297. The van der Waals surface area contributed by atoms with Crippen LogP contribution in [0, 0.1) is 0 Å². The third-order valence-corrected chi connectivity index (χ3v) is 2.72. The number of nitrogens with two attached hydrogens (primary N) is 1. The van der Waals surface area contributed by atoms with E-state index < -0.39 is 12.2 Å². The molecule has 0 aliphatic carbocycles. The highest BCUT2D eigenvalue weighted by atomic mass is 35.5. The predicted molar refractivity (Wildman–Crippen MR) is 62.6 cm³/mol. The van der Waals surface area contributed by atoms with Crippen molar-refractivity contribution in [3.05, 3.63) is 29.2 Å². The van der Waals surface area contributed by atoms with Gasteiger partial charge in [0.1, 0.15) is 11.3 Å². The van der Waals surface area contributed by atoms with Crippen LogP contribution in [0.3, 0.4) is 0 Å². The van der Waals surface area contributed by atoms with Crippen LogP contribution < -0.4 is 5.73 Å². The van der Waals surface area contributed by atoms with E-state index in [0.29, 0.717) is 29.3 Å². The van der Waals surface area contributed by atoms with E-state index >= 15 is 0 Å². The molecule has 2 unspecified atom stereocenters. The number of hydrogen-bond donors (Lipinski definition) is 3. The zero-order valence-electron chi connectivity index (χ0n) is 8.99. The summed E-state index contributed by atoms with van der Waals surface area (Å²) in [5.74, 6) is 0. The van der Waals surface area contributed by atoms with Crippen LogP contribution in [0.5, 0.6) is 0 Å². The van der Waals surface area contributed by atoms with Gasteiger partial charge in [-0.25, -0.2) is 9.50 Å². The minimum absolute atomic E-state index is 0.297. The normalized spacial score (nSPS) is 15.1. The fourth-order valence-electron chi connectivity index (χ4n) is 1.61. The molecule has 0 amide bonds. The number of aliphatic hydroxyl groups excluding tert-OH is 2. The Hall–Kier alpha value is -1.21. The molecule has 0 bridgehead atoms. The Morgan fingerprint density at radius 3 is 2.94 bits per heavy atom. The number of nitrogens with zero attached hydrogens (tertiary/aromatic N) is 3. The van der Waals surface area contributed by atoms with Crippen LogP contribution in [0.4, 0.5) is 0 Å². The van der Waals surface area contributed by atoms with Gasteiger partial charge in [-0.1, -0.05) is 11.6 Å². The summed E-state index contributed by atoms with van der Waals surface area (Å²) in [5.41, 5.74) is 6.20. The molecule has 2 heterocycles. The smallest absolute Gasteiger partial charge is 0.162 e. The van der Waals surface area contributed by atoms with Gasteiger partial charge in [-0.3, -0.25) is 0 Å². The number of rotatable bonds is 4. The van der Waals surface area contributed by atoms with Gasteiger partial charge in [0, 0.05) is 11.8 Å². The van der Waals surface area contributed by atoms with E-state index in [2.05, 4.69) is 10.1 Å². The minimum atomic E-state index is -1.07. The van der Waals surface area contributed by atoms with Gasteiger partial charge in [-0.05, 0) is 19.0 Å². The molecule has 0 saturated carbocycles. The number of fused-ring (bicyclic) bond motifs is 1. The van der Waals surface area contributed by atoms with Crippen LogP contribution in [0.2, 0.25) is 5.15 Å². The van der Waals surface area contributed by atoms with Crippen LogP contribution in [0.15, 0.2) is 18.5 Å². The van der Waals surface area contributed by atoms with Gasteiger partial charge in [0.2, 0.25) is 0 Å². The molecule has 2 rings (SSSR count). The van der Waals surface area contributed by atoms with Crippen molar-refractivity contribution in [2.75, 3.05) is 6.54 Å². The lowest BCUT2D eigenvalue weighted by Gasteiger charge is -2.15. The van der Waals surface area contributed by atoms with Gasteiger partial charge in [0.25, 0.3) is 0 Å². The van der Waals surface area contributed by atoms with Crippen molar-refractivity contribution >= 4 is 17.2 Å². The third kappa shape index (κ3) is 2.39. The Labute approximate surface area is 103 Å². The van der Waals surface area contributed by atoms with E-state index in [0.717, 1.165) is 0 Å². The molecule has 0 radical (unpaired) electrons. The highest BCUT2D eigenvalue weighted by molar-refractivity contribution is 6.29. The quantitative estimate of drug-likeness (QED) is 0.676. The first-order valence-corrected chi connectivity index (χ1v) is 5.57. The van der Waals surface area contributed by atoms with Crippen molar-refractivity contribution < 1.29 is 10.2 Å². The molecule has 6 nitrogen and oxygen atoms in total. The molecule has 7 heteroatoms. The van der Waals surface area contributed by atoms with Crippen molar-refractivity contribution in [2.45, 2.75) is 18.6 Å². The Morgan fingerprint density at radius 2 is 2.24 bits per heavy atom. The van der Waals surface area contributed by atoms with Crippen LogP contribution in [-0.4, -0.2) is 37.5 Å². The van der Waals surface area contributed by atoms with Crippen LogP contribution in [0.1, 0.15) is 18.1 Å². The van der Waals surface area contributed by atoms with Gasteiger partial charge < -0.3 is 15.9 Å². The molecule has 2 aromatic rings. The Balaban J connectivity index is 2.38.